The summed E-state index contributed by atoms with van der Waals surface area (Å²) in [6, 6.07) is 7.44. The largest absolute Gasteiger partial charge is 0.480 e. The van der Waals surface area contributed by atoms with Crippen LogP contribution in [-0.4, -0.2) is 52.5 Å². The summed E-state index contributed by atoms with van der Waals surface area (Å²) in [5.74, 6) is -0.968. The molecule has 2 aromatic rings. The Bertz CT molecular complexity index is 682. The molecule has 23 heavy (non-hydrogen) atoms. The average Bonchev–Trinajstić information content (AvgIpc) is 3.13. The predicted octanol–water partition coefficient (Wildman–Crippen LogP) is 1.50. The highest BCUT2D eigenvalue weighted by Crippen LogP contribution is 2.21. The van der Waals surface area contributed by atoms with Gasteiger partial charge in [-0.1, -0.05) is 12.1 Å². The van der Waals surface area contributed by atoms with Crippen LogP contribution in [0.25, 0.3) is 10.2 Å². The number of carbonyl (C=O) groups excluding carboxylic acids is 1. The summed E-state index contributed by atoms with van der Waals surface area (Å²) in [6.45, 7) is 1.34. The number of benzene rings is 1. The van der Waals surface area contributed by atoms with Gasteiger partial charge in [0.15, 0.2) is 0 Å². The van der Waals surface area contributed by atoms with Gasteiger partial charge in [0.1, 0.15) is 6.04 Å². The Morgan fingerprint density at radius 1 is 1.39 bits per heavy atom. The number of likely N-dealkylation sites (tertiary alicyclic amines) is 1. The maximum absolute atomic E-state index is 12.0. The molecule has 6 nitrogen and oxygen atoms in total. The zero-order chi connectivity index (χ0) is 16.2. The number of rotatable bonds is 6. The van der Waals surface area contributed by atoms with Gasteiger partial charge in [-0.3, -0.25) is 14.5 Å². The Morgan fingerprint density at radius 3 is 3.00 bits per heavy atom. The van der Waals surface area contributed by atoms with E-state index in [1.807, 2.05) is 24.3 Å². The molecule has 1 aliphatic rings. The number of carboxylic acids is 1. The molecule has 0 spiro atoms. The number of aromatic nitrogens is 1. The summed E-state index contributed by atoms with van der Waals surface area (Å²) >= 11 is 1.64. The van der Waals surface area contributed by atoms with Crippen LogP contribution in [0.3, 0.4) is 0 Å². The van der Waals surface area contributed by atoms with E-state index < -0.39 is 12.0 Å². The van der Waals surface area contributed by atoms with Crippen molar-refractivity contribution in [3.05, 3.63) is 29.3 Å². The smallest absolute Gasteiger partial charge is 0.320 e. The summed E-state index contributed by atoms with van der Waals surface area (Å²) < 4.78 is 1.15. The summed E-state index contributed by atoms with van der Waals surface area (Å²) in [5, 5.41) is 13.0. The molecule has 1 aliphatic heterocycles. The second-order valence-corrected chi connectivity index (χ2v) is 6.76. The van der Waals surface area contributed by atoms with Crippen molar-refractivity contribution in [3.8, 4) is 0 Å². The molecule has 1 fully saturated rings. The molecule has 0 saturated carbocycles. The number of carbonyl (C=O) groups is 2. The van der Waals surface area contributed by atoms with Crippen molar-refractivity contribution in [2.45, 2.75) is 25.3 Å². The van der Waals surface area contributed by atoms with Crippen molar-refractivity contribution in [3.63, 3.8) is 0 Å². The Labute approximate surface area is 138 Å². The Morgan fingerprint density at radius 2 is 2.22 bits per heavy atom. The fourth-order valence-electron chi connectivity index (χ4n) is 2.87. The number of hydrogen-bond acceptors (Lipinski definition) is 5. The minimum atomic E-state index is -0.843. The normalized spacial score (nSPS) is 18.3. The first-order valence-electron chi connectivity index (χ1n) is 7.71. The van der Waals surface area contributed by atoms with Crippen LogP contribution in [0.5, 0.6) is 0 Å². The molecule has 0 radical (unpaired) electrons. The standard InChI is InChI=1S/C16H19N3O3S/c20-14(10-19-9-3-5-12(19)16(21)22)17-8-7-15-18-11-4-1-2-6-13(11)23-15/h1-2,4,6,12H,3,5,7-10H2,(H,17,20)(H,21,22)/t12-/m1/s1. The first-order chi connectivity index (χ1) is 11.1. The fourth-order valence-corrected chi connectivity index (χ4v) is 3.84. The molecule has 2 N–H and O–H groups in total. The van der Waals surface area contributed by atoms with Crippen LogP contribution in [0.1, 0.15) is 17.8 Å². The Kier molecular flexibility index (Phi) is 4.88. The van der Waals surface area contributed by atoms with Gasteiger partial charge in [-0.2, -0.15) is 0 Å². The number of carboxylic acid groups (broad SMARTS) is 1. The number of nitrogens with one attached hydrogen (secondary N) is 1. The monoisotopic (exact) mass is 333 g/mol. The summed E-state index contributed by atoms with van der Waals surface area (Å²) in [6.07, 6.45) is 2.14. The summed E-state index contributed by atoms with van der Waals surface area (Å²) in [7, 11) is 0. The zero-order valence-electron chi connectivity index (χ0n) is 12.7. The van der Waals surface area contributed by atoms with Crippen molar-refractivity contribution in [1.29, 1.82) is 0 Å². The molecule has 1 aromatic heterocycles. The lowest BCUT2D eigenvalue weighted by atomic mass is 10.2. The van der Waals surface area contributed by atoms with Gasteiger partial charge in [0.2, 0.25) is 5.91 Å². The van der Waals surface area contributed by atoms with Gasteiger partial charge in [0.25, 0.3) is 0 Å². The van der Waals surface area contributed by atoms with Gasteiger partial charge in [-0.05, 0) is 31.5 Å². The Balaban J connectivity index is 1.46. The molecule has 1 amide bonds. The molecule has 3 rings (SSSR count). The highest BCUT2D eigenvalue weighted by Gasteiger charge is 2.31. The maximum atomic E-state index is 12.0. The van der Waals surface area contributed by atoms with Crippen LogP contribution < -0.4 is 5.32 Å². The van der Waals surface area contributed by atoms with E-state index in [-0.39, 0.29) is 12.5 Å². The van der Waals surface area contributed by atoms with E-state index in [1.165, 1.54) is 0 Å². The molecule has 0 bridgehead atoms. The van der Waals surface area contributed by atoms with Gasteiger partial charge in [0.05, 0.1) is 21.8 Å². The fraction of sp³-hybridized carbons (Fsp3) is 0.438. The summed E-state index contributed by atoms with van der Waals surface area (Å²) in [5.41, 5.74) is 0.986. The number of fused-ring (bicyclic) bond motifs is 1. The van der Waals surface area contributed by atoms with E-state index in [0.29, 0.717) is 25.9 Å². The second kappa shape index (κ2) is 7.06. The third-order valence-corrected chi connectivity index (χ3v) is 5.09. The van der Waals surface area contributed by atoms with Crippen LogP contribution in [0.4, 0.5) is 0 Å². The van der Waals surface area contributed by atoms with Crippen molar-refractivity contribution in [2.75, 3.05) is 19.6 Å². The lowest BCUT2D eigenvalue weighted by Gasteiger charge is -2.20. The topological polar surface area (TPSA) is 82.5 Å². The van der Waals surface area contributed by atoms with Crippen LogP contribution >= 0.6 is 11.3 Å². The molecule has 0 unspecified atom stereocenters. The number of hydrogen-bond donors (Lipinski definition) is 2. The molecule has 1 atom stereocenters. The molecule has 2 heterocycles. The van der Waals surface area contributed by atoms with Crippen LogP contribution in [-0.2, 0) is 16.0 Å². The van der Waals surface area contributed by atoms with Crippen LogP contribution in [0, 0.1) is 0 Å². The quantitative estimate of drug-likeness (QED) is 0.837. The average molecular weight is 333 g/mol. The van der Waals surface area contributed by atoms with E-state index in [2.05, 4.69) is 10.3 Å². The first kappa shape index (κ1) is 15.9. The number of aliphatic carboxylic acids is 1. The lowest BCUT2D eigenvalue weighted by Crippen LogP contribution is -2.43. The van der Waals surface area contributed by atoms with Gasteiger partial charge in [0, 0.05) is 13.0 Å². The zero-order valence-corrected chi connectivity index (χ0v) is 13.5. The van der Waals surface area contributed by atoms with Gasteiger partial charge in [-0.15, -0.1) is 11.3 Å². The second-order valence-electron chi connectivity index (χ2n) is 5.64. The van der Waals surface area contributed by atoms with Crippen LogP contribution in [0.15, 0.2) is 24.3 Å². The predicted molar refractivity (Wildman–Crippen MR) is 88.6 cm³/mol. The molecule has 1 saturated heterocycles. The minimum absolute atomic E-state index is 0.126. The SMILES string of the molecule is O=C(CN1CCC[C@@H]1C(=O)O)NCCc1nc2ccccc2s1. The van der Waals surface area contributed by atoms with E-state index >= 15 is 0 Å². The van der Waals surface area contributed by atoms with Crippen molar-refractivity contribution in [1.82, 2.24) is 15.2 Å². The van der Waals surface area contributed by atoms with E-state index in [4.69, 9.17) is 5.11 Å². The molecular formula is C16H19N3O3S. The molecule has 122 valence electrons. The lowest BCUT2D eigenvalue weighted by molar-refractivity contribution is -0.142. The first-order valence-corrected chi connectivity index (χ1v) is 8.53. The minimum Gasteiger partial charge on any atom is -0.480 e. The van der Waals surface area contributed by atoms with E-state index in [9.17, 15) is 9.59 Å². The van der Waals surface area contributed by atoms with Gasteiger partial charge >= 0.3 is 5.97 Å². The molecule has 1 aromatic carbocycles. The highest BCUT2D eigenvalue weighted by molar-refractivity contribution is 7.18. The van der Waals surface area contributed by atoms with Gasteiger partial charge in [-0.25, -0.2) is 4.98 Å². The molecule has 0 aliphatic carbocycles. The number of thiazole rings is 1. The highest BCUT2D eigenvalue weighted by atomic mass is 32.1. The van der Waals surface area contributed by atoms with E-state index in [1.54, 1.807) is 16.2 Å². The van der Waals surface area contributed by atoms with Crippen molar-refractivity contribution in [2.24, 2.45) is 0 Å². The van der Waals surface area contributed by atoms with Crippen molar-refractivity contribution < 1.29 is 14.7 Å². The number of nitrogens with zero attached hydrogens (tertiary/aromatic N) is 2. The van der Waals surface area contributed by atoms with Crippen molar-refractivity contribution >= 4 is 33.4 Å². The summed E-state index contributed by atoms with van der Waals surface area (Å²) in [4.78, 5) is 29.3. The maximum Gasteiger partial charge on any atom is 0.320 e. The third kappa shape index (κ3) is 3.86. The Hall–Kier alpha value is -1.99. The van der Waals surface area contributed by atoms with Crippen LogP contribution in [0.2, 0.25) is 0 Å². The number of para-hydroxylation sites is 1. The van der Waals surface area contributed by atoms with E-state index in [0.717, 1.165) is 21.6 Å². The number of amides is 1. The molecular weight excluding hydrogens is 314 g/mol. The third-order valence-electron chi connectivity index (χ3n) is 3.99. The van der Waals surface area contributed by atoms with Gasteiger partial charge < -0.3 is 10.4 Å². The molecule has 7 heteroatoms.